The van der Waals surface area contributed by atoms with Crippen LogP contribution in [0.3, 0.4) is 0 Å². The van der Waals surface area contributed by atoms with Gasteiger partial charge in [-0.25, -0.2) is 0 Å². The van der Waals surface area contributed by atoms with Crippen molar-refractivity contribution in [1.82, 2.24) is 15.1 Å². The predicted molar refractivity (Wildman–Crippen MR) is 69.0 cm³/mol. The second kappa shape index (κ2) is 5.64. The van der Waals surface area contributed by atoms with Gasteiger partial charge in [0.15, 0.2) is 0 Å². The van der Waals surface area contributed by atoms with Crippen LogP contribution in [0.25, 0.3) is 10.9 Å². The zero-order valence-electron chi connectivity index (χ0n) is 10.3. The maximum absolute atomic E-state index is 11.8. The molecule has 2 rings (SSSR count). The first kappa shape index (κ1) is 12.6. The van der Waals surface area contributed by atoms with Crippen molar-refractivity contribution in [3.8, 4) is 0 Å². The number of hydrogen-bond donors (Lipinski definition) is 2. The predicted octanol–water partition coefficient (Wildman–Crippen LogP) is 0.923. The molecule has 0 aliphatic heterocycles. The van der Waals surface area contributed by atoms with Crippen molar-refractivity contribution in [3.05, 3.63) is 30.5 Å². The zero-order valence-corrected chi connectivity index (χ0v) is 10.3. The van der Waals surface area contributed by atoms with Crippen molar-refractivity contribution < 1.29 is 9.90 Å². The molecular formula is C13H17N3O2. The molecule has 18 heavy (non-hydrogen) atoms. The maximum Gasteiger partial charge on any atom is 0.242 e. The number of carbonyl (C=O) groups excluding carboxylic acids is 1. The first-order chi connectivity index (χ1) is 8.74. The van der Waals surface area contributed by atoms with Crippen LogP contribution in [0.4, 0.5) is 0 Å². The lowest BCUT2D eigenvalue weighted by atomic mass is 10.2. The van der Waals surface area contributed by atoms with E-state index in [2.05, 4.69) is 10.4 Å². The highest BCUT2D eigenvalue weighted by atomic mass is 16.3. The highest BCUT2D eigenvalue weighted by molar-refractivity contribution is 5.82. The summed E-state index contributed by atoms with van der Waals surface area (Å²) in [4.78, 5) is 11.8. The highest BCUT2D eigenvalue weighted by Crippen LogP contribution is 2.12. The van der Waals surface area contributed by atoms with Gasteiger partial charge in [-0.2, -0.15) is 5.10 Å². The molecule has 2 N–H and O–H groups in total. The van der Waals surface area contributed by atoms with Crippen molar-refractivity contribution in [2.75, 3.05) is 6.61 Å². The van der Waals surface area contributed by atoms with Gasteiger partial charge in [-0.05, 0) is 12.5 Å². The summed E-state index contributed by atoms with van der Waals surface area (Å²) in [6.45, 7) is 2.05. The van der Waals surface area contributed by atoms with E-state index in [0.29, 0.717) is 6.42 Å². The third kappa shape index (κ3) is 2.68. The molecular weight excluding hydrogens is 230 g/mol. The molecule has 0 bridgehead atoms. The Morgan fingerprint density at radius 1 is 1.50 bits per heavy atom. The Labute approximate surface area is 105 Å². The number of carbonyl (C=O) groups is 1. The first-order valence-corrected chi connectivity index (χ1v) is 6.05. The summed E-state index contributed by atoms with van der Waals surface area (Å²) in [6, 6.07) is 7.56. The Bertz CT molecular complexity index is 532. The van der Waals surface area contributed by atoms with Crippen molar-refractivity contribution in [2.45, 2.75) is 25.9 Å². The van der Waals surface area contributed by atoms with Crippen LogP contribution in [-0.2, 0) is 11.3 Å². The van der Waals surface area contributed by atoms with E-state index < -0.39 is 0 Å². The van der Waals surface area contributed by atoms with Crippen LogP contribution in [0.15, 0.2) is 30.5 Å². The molecule has 2 aromatic rings. The lowest BCUT2D eigenvalue weighted by molar-refractivity contribution is -0.122. The number of aliphatic hydroxyl groups is 1. The summed E-state index contributed by atoms with van der Waals surface area (Å²) in [6.07, 6.45) is 2.45. The van der Waals surface area contributed by atoms with Crippen molar-refractivity contribution in [1.29, 1.82) is 0 Å². The van der Waals surface area contributed by atoms with Crippen molar-refractivity contribution >= 4 is 16.8 Å². The molecule has 96 valence electrons. The topological polar surface area (TPSA) is 67.2 Å². The Morgan fingerprint density at radius 2 is 2.28 bits per heavy atom. The van der Waals surface area contributed by atoms with E-state index in [1.54, 1.807) is 10.9 Å². The molecule has 0 spiro atoms. The molecule has 5 heteroatoms. The average Bonchev–Trinajstić information content (AvgIpc) is 2.79. The minimum atomic E-state index is -0.181. The summed E-state index contributed by atoms with van der Waals surface area (Å²) in [5.74, 6) is -0.134. The molecule has 1 aromatic heterocycles. The number of nitrogens with zero attached hydrogens (tertiary/aromatic N) is 2. The Kier molecular flexibility index (Phi) is 3.94. The fourth-order valence-electron chi connectivity index (χ4n) is 1.84. The van der Waals surface area contributed by atoms with Gasteiger partial charge in [0.05, 0.1) is 24.4 Å². The van der Waals surface area contributed by atoms with Gasteiger partial charge in [0.1, 0.15) is 6.54 Å². The fourth-order valence-corrected chi connectivity index (χ4v) is 1.84. The summed E-state index contributed by atoms with van der Waals surface area (Å²) < 4.78 is 1.66. The molecule has 1 heterocycles. The SMILES string of the molecule is CCC(CO)NC(=O)Cn1ncc2ccccc21. The number of aliphatic hydroxyl groups excluding tert-OH is 1. The maximum atomic E-state index is 11.8. The smallest absolute Gasteiger partial charge is 0.242 e. The van der Waals surface area contributed by atoms with E-state index in [9.17, 15) is 4.79 Å². The lowest BCUT2D eigenvalue weighted by Gasteiger charge is -2.14. The molecule has 1 atom stereocenters. The summed E-state index contributed by atoms with van der Waals surface area (Å²) in [5.41, 5.74) is 0.935. The monoisotopic (exact) mass is 247 g/mol. The van der Waals surface area contributed by atoms with Gasteiger partial charge in [0.25, 0.3) is 0 Å². The van der Waals surface area contributed by atoms with E-state index in [4.69, 9.17) is 5.11 Å². The van der Waals surface area contributed by atoms with Gasteiger partial charge in [0, 0.05) is 5.39 Å². The lowest BCUT2D eigenvalue weighted by Crippen LogP contribution is -2.39. The van der Waals surface area contributed by atoms with Gasteiger partial charge in [0.2, 0.25) is 5.91 Å². The minimum Gasteiger partial charge on any atom is -0.394 e. The third-order valence-corrected chi connectivity index (χ3v) is 2.92. The summed E-state index contributed by atoms with van der Waals surface area (Å²) in [5, 5.41) is 17.0. The molecule has 5 nitrogen and oxygen atoms in total. The number of benzene rings is 1. The molecule has 0 saturated carbocycles. The molecule has 0 fully saturated rings. The normalized spacial score (nSPS) is 12.6. The molecule has 0 aliphatic carbocycles. The largest absolute Gasteiger partial charge is 0.394 e. The molecule has 0 aliphatic rings. The summed E-state index contributed by atoms with van der Waals surface area (Å²) in [7, 11) is 0. The van der Waals surface area contributed by atoms with Gasteiger partial charge in [-0.1, -0.05) is 25.1 Å². The first-order valence-electron chi connectivity index (χ1n) is 6.05. The number of rotatable bonds is 5. The van der Waals surface area contributed by atoms with Crippen LogP contribution >= 0.6 is 0 Å². The summed E-state index contributed by atoms with van der Waals surface area (Å²) >= 11 is 0. The van der Waals surface area contributed by atoms with Gasteiger partial charge in [-0.3, -0.25) is 9.48 Å². The molecule has 0 saturated heterocycles. The van der Waals surface area contributed by atoms with Crippen LogP contribution < -0.4 is 5.32 Å². The van der Waals surface area contributed by atoms with E-state index in [1.165, 1.54) is 0 Å². The van der Waals surface area contributed by atoms with E-state index in [0.717, 1.165) is 10.9 Å². The van der Waals surface area contributed by atoms with Crippen LogP contribution in [0, 0.1) is 0 Å². The number of nitrogens with one attached hydrogen (secondary N) is 1. The number of amides is 1. The fraction of sp³-hybridized carbons (Fsp3) is 0.385. The van der Waals surface area contributed by atoms with E-state index in [-0.39, 0.29) is 25.1 Å². The van der Waals surface area contributed by atoms with Crippen LogP contribution in [0.2, 0.25) is 0 Å². The number of fused-ring (bicyclic) bond motifs is 1. The Morgan fingerprint density at radius 3 is 3.00 bits per heavy atom. The standard InChI is InChI=1S/C13H17N3O2/c1-2-11(9-17)15-13(18)8-16-12-6-4-3-5-10(12)7-14-16/h3-7,11,17H,2,8-9H2,1H3,(H,15,18). The average molecular weight is 247 g/mol. The molecule has 0 radical (unpaired) electrons. The Balaban J connectivity index is 2.07. The van der Waals surface area contributed by atoms with E-state index in [1.807, 2.05) is 31.2 Å². The van der Waals surface area contributed by atoms with Crippen molar-refractivity contribution in [2.24, 2.45) is 0 Å². The van der Waals surface area contributed by atoms with Gasteiger partial charge in [-0.15, -0.1) is 0 Å². The number of hydrogen-bond acceptors (Lipinski definition) is 3. The van der Waals surface area contributed by atoms with Crippen LogP contribution in [0.1, 0.15) is 13.3 Å². The quantitative estimate of drug-likeness (QED) is 0.825. The zero-order chi connectivity index (χ0) is 13.0. The van der Waals surface area contributed by atoms with Gasteiger partial charge < -0.3 is 10.4 Å². The van der Waals surface area contributed by atoms with Crippen LogP contribution in [0.5, 0.6) is 0 Å². The van der Waals surface area contributed by atoms with Crippen LogP contribution in [-0.4, -0.2) is 33.4 Å². The minimum absolute atomic E-state index is 0.0396. The molecule has 1 aromatic carbocycles. The number of aromatic nitrogens is 2. The molecule has 1 unspecified atom stereocenters. The second-order valence-corrected chi connectivity index (χ2v) is 4.22. The van der Waals surface area contributed by atoms with Crippen molar-refractivity contribution in [3.63, 3.8) is 0 Å². The highest BCUT2D eigenvalue weighted by Gasteiger charge is 2.11. The van der Waals surface area contributed by atoms with E-state index >= 15 is 0 Å². The number of para-hydroxylation sites is 1. The second-order valence-electron chi connectivity index (χ2n) is 4.22. The Hall–Kier alpha value is -1.88. The third-order valence-electron chi connectivity index (χ3n) is 2.92. The van der Waals surface area contributed by atoms with Gasteiger partial charge >= 0.3 is 0 Å². The molecule has 1 amide bonds.